The topological polar surface area (TPSA) is 56.2 Å². The Hall–Kier alpha value is -3.60. The van der Waals surface area contributed by atoms with Gasteiger partial charge in [0.15, 0.2) is 0 Å². The molecule has 0 aliphatic carbocycles. The number of carbonyl (C=O) groups excluding carboxylic acids is 1. The summed E-state index contributed by atoms with van der Waals surface area (Å²) in [5.41, 5.74) is 3.58. The number of carbonyl (C=O) groups is 1. The molecule has 0 spiro atoms. The van der Waals surface area contributed by atoms with E-state index >= 15 is 0 Å². The number of aryl methyl sites for hydroxylation is 1. The van der Waals surface area contributed by atoms with Crippen molar-refractivity contribution in [2.75, 3.05) is 6.61 Å². The molecule has 0 bridgehead atoms. The van der Waals surface area contributed by atoms with Crippen molar-refractivity contribution in [3.05, 3.63) is 95.8 Å². The van der Waals surface area contributed by atoms with Crippen LogP contribution in [-0.2, 0) is 13.1 Å². The monoisotopic (exact) mass is 385 g/mol. The zero-order valence-electron chi connectivity index (χ0n) is 16.3. The maximum atomic E-state index is 12.6. The predicted octanol–water partition coefficient (Wildman–Crippen LogP) is 4.35. The molecule has 5 nitrogen and oxygen atoms in total. The van der Waals surface area contributed by atoms with Crippen LogP contribution in [0.5, 0.6) is 5.75 Å². The van der Waals surface area contributed by atoms with Gasteiger partial charge in [0.1, 0.15) is 18.2 Å². The number of nitrogens with one attached hydrogen (secondary N) is 1. The van der Waals surface area contributed by atoms with Crippen molar-refractivity contribution in [3.8, 4) is 5.75 Å². The first-order valence-corrected chi connectivity index (χ1v) is 9.68. The van der Waals surface area contributed by atoms with Gasteiger partial charge in [0.25, 0.3) is 5.91 Å². The first kappa shape index (κ1) is 18.7. The Kier molecular flexibility index (Phi) is 5.56. The van der Waals surface area contributed by atoms with Gasteiger partial charge in [-0.25, -0.2) is 4.98 Å². The first-order chi connectivity index (χ1) is 14.2. The van der Waals surface area contributed by atoms with Crippen LogP contribution in [0.2, 0.25) is 0 Å². The number of aromatic nitrogens is 2. The van der Waals surface area contributed by atoms with Crippen LogP contribution in [0.3, 0.4) is 0 Å². The number of nitrogens with zero attached hydrogens (tertiary/aromatic N) is 2. The number of hydrogen-bond donors (Lipinski definition) is 1. The smallest absolute Gasteiger partial charge is 0.251 e. The van der Waals surface area contributed by atoms with Gasteiger partial charge in [0.2, 0.25) is 0 Å². The Morgan fingerprint density at radius 1 is 0.966 bits per heavy atom. The van der Waals surface area contributed by atoms with Crippen LogP contribution in [0.1, 0.15) is 21.7 Å². The molecule has 0 atom stereocenters. The molecule has 3 aromatic carbocycles. The van der Waals surface area contributed by atoms with E-state index in [4.69, 9.17) is 9.72 Å². The highest BCUT2D eigenvalue weighted by Gasteiger charge is 2.13. The molecule has 4 aromatic rings. The number of benzene rings is 3. The van der Waals surface area contributed by atoms with Crippen LogP contribution in [-0.4, -0.2) is 22.1 Å². The van der Waals surface area contributed by atoms with E-state index in [1.165, 1.54) is 0 Å². The Morgan fingerprint density at radius 3 is 2.52 bits per heavy atom. The summed E-state index contributed by atoms with van der Waals surface area (Å²) in [7, 11) is 0. The molecule has 0 fully saturated rings. The Bertz CT molecular complexity index is 1120. The quantitative estimate of drug-likeness (QED) is 0.514. The van der Waals surface area contributed by atoms with Gasteiger partial charge in [0.05, 0.1) is 24.1 Å². The lowest BCUT2D eigenvalue weighted by molar-refractivity contribution is 0.0949. The zero-order chi connectivity index (χ0) is 20.1. The number of amides is 1. The van der Waals surface area contributed by atoms with Gasteiger partial charge >= 0.3 is 0 Å². The van der Waals surface area contributed by atoms with Gasteiger partial charge in [-0.2, -0.15) is 0 Å². The van der Waals surface area contributed by atoms with Gasteiger partial charge < -0.3 is 14.6 Å². The maximum absolute atomic E-state index is 12.6. The van der Waals surface area contributed by atoms with Crippen molar-refractivity contribution in [2.24, 2.45) is 0 Å². The second-order valence-corrected chi connectivity index (χ2v) is 6.83. The van der Waals surface area contributed by atoms with Crippen LogP contribution in [0.4, 0.5) is 0 Å². The van der Waals surface area contributed by atoms with Crippen molar-refractivity contribution in [2.45, 2.75) is 20.0 Å². The molecular weight excluding hydrogens is 362 g/mol. The van der Waals surface area contributed by atoms with E-state index < -0.39 is 0 Å². The molecule has 0 aliphatic rings. The minimum atomic E-state index is -0.0951. The standard InChI is InChI=1S/C24H23N3O2/c1-18-9-5-6-12-20(18)24(28)25-17-23-26-21-13-7-8-14-22(21)27(23)15-16-29-19-10-3-2-4-11-19/h2-14H,15-17H2,1H3,(H,25,28). The van der Waals surface area contributed by atoms with Crippen LogP contribution < -0.4 is 10.1 Å². The summed E-state index contributed by atoms with van der Waals surface area (Å²) in [5, 5.41) is 3.00. The number of hydrogen-bond acceptors (Lipinski definition) is 3. The van der Waals surface area contributed by atoms with E-state index in [9.17, 15) is 4.79 Å². The Morgan fingerprint density at radius 2 is 1.69 bits per heavy atom. The van der Waals surface area contributed by atoms with E-state index in [0.717, 1.165) is 28.2 Å². The molecule has 146 valence electrons. The molecule has 1 N–H and O–H groups in total. The highest BCUT2D eigenvalue weighted by Crippen LogP contribution is 2.17. The van der Waals surface area contributed by atoms with E-state index in [2.05, 4.69) is 9.88 Å². The minimum absolute atomic E-state index is 0.0951. The summed E-state index contributed by atoms with van der Waals surface area (Å²) in [6.45, 7) is 3.45. The van der Waals surface area contributed by atoms with Crippen molar-refractivity contribution in [3.63, 3.8) is 0 Å². The van der Waals surface area contributed by atoms with Gasteiger partial charge in [-0.3, -0.25) is 4.79 Å². The molecule has 1 amide bonds. The minimum Gasteiger partial charge on any atom is -0.492 e. The fraction of sp³-hybridized carbons (Fsp3) is 0.167. The molecule has 0 unspecified atom stereocenters. The molecule has 5 heteroatoms. The lowest BCUT2D eigenvalue weighted by Crippen LogP contribution is -2.26. The van der Waals surface area contributed by atoms with Gasteiger partial charge in [-0.05, 0) is 42.8 Å². The fourth-order valence-corrected chi connectivity index (χ4v) is 3.36. The summed E-state index contributed by atoms with van der Waals surface area (Å²) in [5.74, 6) is 1.55. The van der Waals surface area contributed by atoms with E-state index in [0.29, 0.717) is 25.3 Å². The Balaban J connectivity index is 1.50. The lowest BCUT2D eigenvalue weighted by Gasteiger charge is -2.12. The summed E-state index contributed by atoms with van der Waals surface area (Å²) >= 11 is 0. The summed E-state index contributed by atoms with van der Waals surface area (Å²) in [6.07, 6.45) is 0. The molecule has 0 saturated carbocycles. The average Bonchev–Trinajstić information content (AvgIpc) is 3.11. The first-order valence-electron chi connectivity index (χ1n) is 9.68. The van der Waals surface area contributed by atoms with Gasteiger partial charge in [-0.1, -0.05) is 48.5 Å². The molecule has 0 radical (unpaired) electrons. The van der Waals surface area contributed by atoms with Gasteiger partial charge in [0, 0.05) is 5.56 Å². The van der Waals surface area contributed by atoms with E-state index in [-0.39, 0.29) is 5.91 Å². The van der Waals surface area contributed by atoms with Crippen LogP contribution >= 0.6 is 0 Å². The summed E-state index contributed by atoms with van der Waals surface area (Å²) < 4.78 is 7.97. The molecule has 4 rings (SSSR count). The molecular formula is C24H23N3O2. The van der Waals surface area contributed by atoms with Crippen molar-refractivity contribution >= 4 is 16.9 Å². The third-order valence-corrected chi connectivity index (χ3v) is 4.86. The third kappa shape index (κ3) is 4.29. The molecule has 29 heavy (non-hydrogen) atoms. The SMILES string of the molecule is Cc1ccccc1C(=O)NCc1nc2ccccc2n1CCOc1ccccc1. The number of fused-ring (bicyclic) bond motifs is 1. The van der Waals surface area contributed by atoms with Crippen molar-refractivity contribution in [1.29, 1.82) is 0 Å². The number of rotatable bonds is 7. The lowest BCUT2D eigenvalue weighted by atomic mass is 10.1. The van der Waals surface area contributed by atoms with Crippen LogP contribution in [0.25, 0.3) is 11.0 Å². The number of imidazole rings is 1. The molecule has 1 aromatic heterocycles. The summed E-state index contributed by atoms with van der Waals surface area (Å²) in [4.78, 5) is 17.3. The average molecular weight is 385 g/mol. The molecule has 0 aliphatic heterocycles. The van der Waals surface area contributed by atoms with Crippen molar-refractivity contribution < 1.29 is 9.53 Å². The largest absolute Gasteiger partial charge is 0.492 e. The molecule has 0 saturated heterocycles. The van der Waals surface area contributed by atoms with Gasteiger partial charge in [-0.15, -0.1) is 0 Å². The second kappa shape index (κ2) is 8.61. The fourth-order valence-electron chi connectivity index (χ4n) is 3.36. The summed E-state index contributed by atoms with van der Waals surface area (Å²) in [6, 6.07) is 25.3. The number of ether oxygens (including phenoxy) is 1. The molecule has 1 heterocycles. The zero-order valence-corrected chi connectivity index (χ0v) is 16.3. The van der Waals surface area contributed by atoms with Crippen LogP contribution in [0, 0.1) is 6.92 Å². The second-order valence-electron chi connectivity index (χ2n) is 6.83. The highest BCUT2D eigenvalue weighted by atomic mass is 16.5. The third-order valence-electron chi connectivity index (χ3n) is 4.86. The van der Waals surface area contributed by atoms with Crippen molar-refractivity contribution in [1.82, 2.24) is 14.9 Å². The highest BCUT2D eigenvalue weighted by molar-refractivity contribution is 5.95. The van der Waals surface area contributed by atoms with E-state index in [1.807, 2.05) is 85.8 Å². The maximum Gasteiger partial charge on any atom is 0.251 e. The Labute approximate surface area is 170 Å². The normalized spacial score (nSPS) is 10.8. The van der Waals surface area contributed by atoms with E-state index in [1.54, 1.807) is 0 Å². The van der Waals surface area contributed by atoms with Crippen LogP contribution in [0.15, 0.2) is 78.9 Å². The number of para-hydroxylation sites is 3. The predicted molar refractivity (Wildman–Crippen MR) is 114 cm³/mol.